The number of methoxy groups -OCH3 is 1. The maximum Gasteiger partial charge on any atom is 0.142 e. The predicted molar refractivity (Wildman–Crippen MR) is 81.2 cm³/mol. The summed E-state index contributed by atoms with van der Waals surface area (Å²) >= 11 is 0. The first-order valence-corrected chi connectivity index (χ1v) is 7.11. The number of aryl methyl sites for hydroxylation is 1. The third-order valence-electron chi connectivity index (χ3n) is 4.28. The van der Waals surface area contributed by atoms with Crippen molar-refractivity contribution in [1.29, 1.82) is 0 Å². The highest BCUT2D eigenvalue weighted by molar-refractivity contribution is 5.59. The van der Waals surface area contributed by atoms with Crippen LogP contribution in [0.4, 0.5) is 5.69 Å². The Labute approximate surface area is 116 Å². The lowest BCUT2D eigenvalue weighted by Crippen LogP contribution is -2.47. The van der Waals surface area contributed by atoms with Crippen molar-refractivity contribution in [3.63, 3.8) is 0 Å². The van der Waals surface area contributed by atoms with Crippen molar-refractivity contribution < 1.29 is 4.74 Å². The fraction of sp³-hybridized carbons (Fsp3) is 0.625. The standard InChI is InChI=1S/C16H26N2O/c1-13-6-7-15(19-4)14(10-13)18(3)12-16(11-17-2)8-5-9-16/h6-7,10,17H,5,8-9,11-12H2,1-4H3. The predicted octanol–water partition coefficient (Wildman–Crippen LogP) is 2.83. The molecule has 1 fully saturated rings. The van der Waals surface area contributed by atoms with Crippen LogP contribution in [0.3, 0.4) is 0 Å². The van der Waals surface area contributed by atoms with Gasteiger partial charge in [0.2, 0.25) is 0 Å². The molecule has 0 bridgehead atoms. The van der Waals surface area contributed by atoms with Crippen LogP contribution in [-0.2, 0) is 0 Å². The molecule has 3 heteroatoms. The number of nitrogens with one attached hydrogen (secondary N) is 1. The lowest BCUT2D eigenvalue weighted by Gasteiger charge is -2.45. The normalized spacial score (nSPS) is 16.8. The SMILES string of the molecule is CNCC1(CN(C)c2cc(C)ccc2OC)CCC1. The zero-order valence-corrected chi connectivity index (χ0v) is 12.6. The van der Waals surface area contributed by atoms with E-state index in [2.05, 4.69) is 42.4 Å². The Morgan fingerprint density at radius 3 is 2.63 bits per heavy atom. The van der Waals surface area contributed by atoms with Gasteiger partial charge in [-0.05, 0) is 44.5 Å². The highest BCUT2D eigenvalue weighted by atomic mass is 16.5. The first kappa shape index (κ1) is 14.2. The summed E-state index contributed by atoms with van der Waals surface area (Å²) in [6.07, 6.45) is 4.01. The van der Waals surface area contributed by atoms with Crippen LogP contribution in [0.25, 0.3) is 0 Å². The van der Waals surface area contributed by atoms with Crippen LogP contribution < -0.4 is 15.0 Å². The summed E-state index contributed by atoms with van der Waals surface area (Å²) in [5, 5.41) is 3.35. The second-order valence-electron chi connectivity index (χ2n) is 5.92. The van der Waals surface area contributed by atoms with Crippen molar-refractivity contribution in [3.8, 4) is 5.75 Å². The molecule has 0 aliphatic heterocycles. The molecule has 1 aromatic carbocycles. The van der Waals surface area contributed by atoms with Crippen molar-refractivity contribution in [2.45, 2.75) is 26.2 Å². The molecule has 1 N–H and O–H groups in total. The molecule has 1 aliphatic carbocycles. The van der Waals surface area contributed by atoms with Gasteiger partial charge in [0.25, 0.3) is 0 Å². The first-order valence-electron chi connectivity index (χ1n) is 7.11. The maximum atomic E-state index is 5.49. The van der Waals surface area contributed by atoms with Crippen LogP contribution in [0.1, 0.15) is 24.8 Å². The molecule has 0 heterocycles. The summed E-state index contributed by atoms with van der Waals surface area (Å²) in [5.74, 6) is 0.965. The lowest BCUT2D eigenvalue weighted by atomic mass is 9.68. The van der Waals surface area contributed by atoms with Gasteiger partial charge in [0, 0.05) is 25.6 Å². The highest BCUT2D eigenvalue weighted by Crippen LogP contribution is 2.42. The minimum atomic E-state index is 0.443. The highest BCUT2D eigenvalue weighted by Gasteiger charge is 2.37. The van der Waals surface area contributed by atoms with E-state index >= 15 is 0 Å². The number of rotatable bonds is 6. The quantitative estimate of drug-likeness (QED) is 0.853. The molecule has 1 aromatic rings. The summed E-state index contributed by atoms with van der Waals surface area (Å²) in [6, 6.07) is 6.38. The molecular formula is C16H26N2O. The lowest BCUT2D eigenvalue weighted by molar-refractivity contribution is 0.142. The van der Waals surface area contributed by atoms with Gasteiger partial charge in [0.1, 0.15) is 5.75 Å². The Balaban J connectivity index is 2.15. The van der Waals surface area contributed by atoms with Gasteiger partial charge in [-0.2, -0.15) is 0 Å². The van der Waals surface area contributed by atoms with Crippen molar-refractivity contribution in [3.05, 3.63) is 23.8 Å². The smallest absolute Gasteiger partial charge is 0.142 e. The Kier molecular flexibility index (Phi) is 4.35. The monoisotopic (exact) mass is 262 g/mol. The van der Waals surface area contributed by atoms with Crippen molar-refractivity contribution in [2.24, 2.45) is 5.41 Å². The summed E-state index contributed by atoms with van der Waals surface area (Å²) in [4.78, 5) is 2.35. The van der Waals surface area contributed by atoms with E-state index in [9.17, 15) is 0 Å². The molecule has 0 amide bonds. The summed E-state index contributed by atoms with van der Waals surface area (Å²) in [6.45, 7) is 4.32. The van der Waals surface area contributed by atoms with E-state index in [0.29, 0.717) is 5.41 Å². The van der Waals surface area contributed by atoms with E-state index in [0.717, 1.165) is 18.8 Å². The molecule has 19 heavy (non-hydrogen) atoms. The van der Waals surface area contributed by atoms with Gasteiger partial charge < -0.3 is 15.0 Å². The Bertz CT molecular complexity index is 427. The molecule has 0 saturated heterocycles. The van der Waals surface area contributed by atoms with Gasteiger partial charge in [-0.3, -0.25) is 0 Å². The van der Waals surface area contributed by atoms with Gasteiger partial charge in [-0.1, -0.05) is 12.5 Å². The van der Waals surface area contributed by atoms with E-state index in [-0.39, 0.29) is 0 Å². The van der Waals surface area contributed by atoms with Gasteiger partial charge >= 0.3 is 0 Å². The largest absolute Gasteiger partial charge is 0.495 e. The zero-order valence-electron chi connectivity index (χ0n) is 12.6. The molecular weight excluding hydrogens is 236 g/mol. The number of hydrogen-bond donors (Lipinski definition) is 1. The van der Waals surface area contributed by atoms with Crippen LogP contribution >= 0.6 is 0 Å². The Hall–Kier alpha value is -1.22. The molecule has 3 nitrogen and oxygen atoms in total. The van der Waals surface area contributed by atoms with Crippen molar-refractivity contribution in [2.75, 3.05) is 39.2 Å². The molecule has 0 atom stereocenters. The van der Waals surface area contributed by atoms with Gasteiger partial charge in [-0.15, -0.1) is 0 Å². The average Bonchev–Trinajstić information content (AvgIpc) is 2.36. The Morgan fingerprint density at radius 1 is 1.37 bits per heavy atom. The van der Waals surface area contributed by atoms with Gasteiger partial charge in [-0.25, -0.2) is 0 Å². The van der Waals surface area contributed by atoms with Gasteiger partial charge in [0.15, 0.2) is 0 Å². The summed E-state index contributed by atoms with van der Waals surface area (Å²) < 4.78 is 5.49. The molecule has 0 aromatic heterocycles. The van der Waals surface area contributed by atoms with E-state index < -0.39 is 0 Å². The van der Waals surface area contributed by atoms with Crippen molar-refractivity contribution >= 4 is 5.69 Å². The average molecular weight is 262 g/mol. The topological polar surface area (TPSA) is 24.5 Å². The zero-order chi connectivity index (χ0) is 13.9. The number of ether oxygens (including phenoxy) is 1. The molecule has 0 radical (unpaired) electrons. The fourth-order valence-electron chi connectivity index (χ4n) is 3.13. The molecule has 2 rings (SSSR count). The fourth-order valence-corrected chi connectivity index (χ4v) is 3.13. The van der Waals surface area contributed by atoms with E-state index in [1.807, 2.05) is 7.05 Å². The molecule has 106 valence electrons. The number of hydrogen-bond acceptors (Lipinski definition) is 3. The van der Waals surface area contributed by atoms with Crippen LogP contribution in [0.15, 0.2) is 18.2 Å². The van der Waals surface area contributed by atoms with E-state index in [1.54, 1.807) is 7.11 Å². The minimum Gasteiger partial charge on any atom is -0.495 e. The first-order chi connectivity index (χ1) is 9.10. The van der Waals surface area contributed by atoms with Gasteiger partial charge in [0.05, 0.1) is 12.8 Å². The third kappa shape index (κ3) is 3.03. The molecule has 0 unspecified atom stereocenters. The maximum absolute atomic E-state index is 5.49. The van der Waals surface area contributed by atoms with Crippen LogP contribution in [0.2, 0.25) is 0 Å². The number of anilines is 1. The molecule has 0 spiro atoms. The second-order valence-corrected chi connectivity index (χ2v) is 5.92. The molecule has 1 saturated carbocycles. The van der Waals surface area contributed by atoms with Crippen LogP contribution in [0.5, 0.6) is 5.75 Å². The minimum absolute atomic E-state index is 0.443. The third-order valence-corrected chi connectivity index (χ3v) is 4.28. The van der Waals surface area contributed by atoms with E-state index in [1.165, 1.54) is 30.5 Å². The molecule has 1 aliphatic rings. The Morgan fingerprint density at radius 2 is 2.11 bits per heavy atom. The van der Waals surface area contributed by atoms with Crippen LogP contribution in [0, 0.1) is 12.3 Å². The second kappa shape index (κ2) is 5.83. The van der Waals surface area contributed by atoms with Crippen LogP contribution in [-0.4, -0.2) is 34.3 Å². The number of nitrogens with zero attached hydrogens (tertiary/aromatic N) is 1. The number of benzene rings is 1. The summed E-state index contributed by atoms with van der Waals surface area (Å²) in [7, 11) is 5.97. The van der Waals surface area contributed by atoms with E-state index in [4.69, 9.17) is 4.74 Å². The summed E-state index contributed by atoms with van der Waals surface area (Å²) in [5.41, 5.74) is 2.92. The van der Waals surface area contributed by atoms with Crippen molar-refractivity contribution in [1.82, 2.24) is 5.32 Å².